The second-order valence-electron chi connectivity index (χ2n) is 0. The van der Waals surface area contributed by atoms with Gasteiger partial charge in [0, 0.05) is 27.3 Å². The summed E-state index contributed by atoms with van der Waals surface area (Å²) in [4.78, 5) is 0. The van der Waals surface area contributed by atoms with Gasteiger partial charge in [-0.25, -0.2) is 0 Å². The molecule has 0 fully saturated rings. The van der Waals surface area contributed by atoms with Crippen LogP contribution in [0.1, 0.15) is 0 Å². The van der Waals surface area contributed by atoms with Crippen molar-refractivity contribution >= 4 is 49.7 Å². The smallest absolute Gasteiger partial charge is 0.197 e. The van der Waals surface area contributed by atoms with Gasteiger partial charge in [-0.15, -0.1) is 0 Å². The van der Waals surface area contributed by atoms with Crippen molar-refractivity contribution in [1.29, 1.82) is 0 Å². The van der Waals surface area contributed by atoms with Gasteiger partial charge in [0.05, 0.1) is 0 Å². The van der Waals surface area contributed by atoms with Crippen molar-refractivity contribution in [3.05, 3.63) is 0 Å². The monoisotopic (exact) mass is 100.0 g/mol. The Bertz CT molecular complexity index is 11.6. The third-order valence-corrected chi connectivity index (χ3v) is 0. The van der Waals surface area contributed by atoms with Crippen molar-refractivity contribution < 1.29 is 4.21 Å². The molecule has 0 aromatic carbocycles. The first kappa shape index (κ1) is 35.8. The maximum Gasteiger partial charge on any atom is 0.197 e. The molecule has 24 valence electrons. The predicted octanol–water partition coefficient (Wildman–Crippen LogP) is -1.04. The van der Waals surface area contributed by atoms with Crippen LogP contribution in [0.5, 0.6) is 0 Å². The SMILES string of the molecule is O=S.P.[B].[Li]. The fraction of sp³-hybridized carbons (Fsp3) is 0. The fourth-order valence-electron chi connectivity index (χ4n) is 0. The summed E-state index contributed by atoms with van der Waals surface area (Å²) in [7, 11) is 0. The summed E-state index contributed by atoms with van der Waals surface area (Å²) < 4.78 is 7.83. The normalized spacial score (nSPS) is 0.800. The van der Waals surface area contributed by atoms with Crippen LogP contribution in [0, 0.1) is 0 Å². The molecular weight excluding hydrogens is 96.8 g/mol. The Balaban J connectivity index is -0.00000000167. The molecule has 0 heterocycles. The summed E-state index contributed by atoms with van der Waals surface area (Å²) in [5.74, 6) is 0. The maximum absolute atomic E-state index is 7.83. The molecule has 0 aromatic heterocycles. The minimum absolute atomic E-state index is 0. The Morgan fingerprint density at radius 1 is 1.20 bits per heavy atom. The zero-order chi connectivity index (χ0) is 2.00. The van der Waals surface area contributed by atoms with E-state index in [9.17, 15) is 0 Å². The van der Waals surface area contributed by atoms with Gasteiger partial charge in [0.1, 0.15) is 0 Å². The average molecular weight is 99.8 g/mol. The molecule has 1 atom stereocenters. The summed E-state index contributed by atoms with van der Waals surface area (Å²) in [6.07, 6.45) is 0. The first-order chi connectivity index (χ1) is 1.00. The molecule has 0 saturated carbocycles. The van der Waals surface area contributed by atoms with Crippen LogP contribution in [-0.4, -0.2) is 31.5 Å². The molecule has 0 aliphatic carbocycles. The summed E-state index contributed by atoms with van der Waals surface area (Å²) in [6, 6.07) is 0. The maximum atomic E-state index is 7.83. The van der Waals surface area contributed by atoms with Gasteiger partial charge in [-0.1, -0.05) is 0 Å². The van der Waals surface area contributed by atoms with Crippen molar-refractivity contribution in [3.63, 3.8) is 0 Å². The van der Waals surface area contributed by atoms with E-state index in [1.165, 1.54) is 0 Å². The number of hydrogen-bond donors (Lipinski definition) is 0. The molecular formula is H3BLiOPS. The van der Waals surface area contributed by atoms with Crippen LogP contribution in [0.2, 0.25) is 0 Å². The van der Waals surface area contributed by atoms with Crippen molar-refractivity contribution in [3.8, 4) is 0 Å². The van der Waals surface area contributed by atoms with E-state index in [0.717, 1.165) is 0 Å². The molecule has 1 unspecified atom stereocenters. The molecule has 5 heteroatoms. The Hall–Kier alpha value is 1.11. The molecule has 5 heavy (non-hydrogen) atoms. The summed E-state index contributed by atoms with van der Waals surface area (Å²) in [5.41, 5.74) is 0. The minimum Gasteiger partial charge on any atom is -0.197 e. The van der Waals surface area contributed by atoms with Crippen LogP contribution in [0.15, 0.2) is 0 Å². The Morgan fingerprint density at radius 2 is 1.20 bits per heavy atom. The molecule has 0 rings (SSSR count). The molecule has 0 saturated heterocycles. The standard InChI is InChI=1S/B.Li.OS.H3P/c;;1-2;/h;;;1H3. The zero-order valence-electron chi connectivity index (χ0n) is 3.10. The van der Waals surface area contributed by atoms with Crippen LogP contribution >= 0.6 is 9.90 Å². The van der Waals surface area contributed by atoms with Gasteiger partial charge >= 0.3 is 0 Å². The largest absolute Gasteiger partial charge is 0.197 e. The molecule has 0 spiro atoms. The van der Waals surface area contributed by atoms with Crippen LogP contribution in [0.25, 0.3) is 0 Å². The van der Waals surface area contributed by atoms with Gasteiger partial charge in [-0.2, -0.15) is 14.1 Å². The quantitative estimate of drug-likeness (QED) is 0.285. The van der Waals surface area contributed by atoms with Crippen molar-refractivity contribution in [2.45, 2.75) is 0 Å². The Kier molecular flexibility index (Phi) is 500. The van der Waals surface area contributed by atoms with Crippen molar-refractivity contribution in [2.24, 2.45) is 0 Å². The minimum atomic E-state index is 0. The third-order valence-electron chi connectivity index (χ3n) is 0. The van der Waals surface area contributed by atoms with E-state index in [0.29, 0.717) is 0 Å². The summed E-state index contributed by atoms with van der Waals surface area (Å²) >= 11 is 2.83. The van der Waals surface area contributed by atoms with Crippen LogP contribution in [0.4, 0.5) is 0 Å². The fourth-order valence-corrected chi connectivity index (χ4v) is 0. The average Bonchev–Trinajstić information content (AvgIpc) is 1.00. The van der Waals surface area contributed by atoms with Gasteiger partial charge in [-0.05, 0) is 0 Å². The van der Waals surface area contributed by atoms with Crippen molar-refractivity contribution in [2.75, 3.05) is 0 Å². The number of rotatable bonds is 0. The van der Waals surface area contributed by atoms with Gasteiger partial charge in [-0.3, -0.25) is 0 Å². The molecule has 0 aromatic rings. The first-order valence-electron chi connectivity index (χ1n) is 0.167. The van der Waals surface area contributed by atoms with Crippen LogP contribution in [-0.2, 0) is 12.5 Å². The molecule has 1 nitrogen and oxygen atoms in total. The molecule has 0 bridgehead atoms. The zero-order valence-corrected chi connectivity index (χ0v) is 5.33. The van der Waals surface area contributed by atoms with Gasteiger partial charge in [0.2, 0.25) is 0 Å². The van der Waals surface area contributed by atoms with Gasteiger partial charge in [0.25, 0.3) is 0 Å². The van der Waals surface area contributed by atoms with Crippen molar-refractivity contribution in [1.82, 2.24) is 0 Å². The van der Waals surface area contributed by atoms with Crippen LogP contribution < -0.4 is 0 Å². The second-order valence-corrected chi connectivity index (χ2v) is 0. The summed E-state index contributed by atoms with van der Waals surface area (Å²) in [6.45, 7) is 0. The van der Waals surface area contributed by atoms with E-state index in [2.05, 4.69) is 12.5 Å². The third kappa shape index (κ3) is 40.0. The van der Waals surface area contributed by atoms with Gasteiger partial charge < -0.3 is 0 Å². The molecule has 0 amide bonds. The van der Waals surface area contributed by atoms with E-state index in [1.807, 2.05) is 0 Å². The van der Waals surface area contributed by atoms with Gasteiger partial charge in [0.15, 0.2) is 12.5 Å². The van der Waals surface area contributed by atoms with E-state index in [-0.39, 0.29) is 37.2 Å². The van der Waals surface area contributed by atoms with E-state index in [1.54, 1.807) is 0 Å². The Labute approximate surface area is 54.2 Å². The van der Waals surface area contributed by atoms with E-state index < -0.39 is 0 Å². The molecule has 0 aliphatic rings. The molecule has 0 aliphatic heterocycles. The molecule has 0 N–H and O–H groups in total. The summed E-state index contributed by atoms with van der Waals surface area (Å²) in [5, 5.41) is 0. The predicted molar refractivity (Wildman–Crippen MR) is 30.8 cm³/mol. The van der Waals surface area contributed by atoms with E-state index >= 15 is 0 Å². The van der Waals surface area contributed by atoms with E-state index in [4.69, 9.17) is 4.21 Å². The van der Waals surface area contributed by atoms with Crippen LogP contribution in [0.3, 0.4) is 0 Å². The second kappa shape index (κ2) is 69.9. The topological polar surface area (TPSA) is 17.1 Å². The Morgan fingerprint density at radius 3 is 1.20 bits per heavy atom. The first-order valence-corrected chi connectivity index (χ1v) is 0.500. The number of hydrogen-bond acceptors (Lipinski definition) is 2. The molecule has 4 radical (unpaired) electrons.